The van der Waals surface area contributed by atoms with Crippen molar-refractivity contribution in [1.82, 2.24) is 4.90 Å². The van der Waals surface area contributed by atoms with Gasteiger partial charge in [0.15, 0.2) is 0 Å². The maximum atomic E-state index is 5.14. The van der Waals surface area contributed by atoms with Crippen LogP contribution in [0.1, 0.15) is 5.56 Å². The molecule has 1 nitrogen and oxygen atoms in total. The summed E-state index contributed by atoms with van der Waals surface area (Å²) in [4.78, 5) is 2.73. The molecule has 0 amide bonds. The summed E-state index contributed by atoms with van der Waals surface area (Å²) in [5.41, 5.74) is 0.979. The van der Waals surface area contributed by atoms with E-state index in [2.05, 4.69) is 6.07 Å². The second-order valence-corrected chi connectivity index (χ2v) is 2.86. The van der Waals surface area contributed by atoms with E-state index in [1.165, 1.54) is 0 Å². The fourth-order valence-electron chi connectivity index (χ4n) is 0.767. The molecule has 1 rings (SSSR count). The van der Waals surface area contributed by atoms with Gasteiger partial charge >= 0.3 is 0 Å². The van der Waals surface area contributed by atoms with Crippen LogP contribution in [0.3, 0.4) is 0 Å². The number of benzene rings is 1. The lowest BCUT2D eigenvalue weighted by atomic mass is 10.2. The highest BCUT2D eigenvalue weighted by atomic mass is 32.1. The molecule has 0 fully saturated rings. The molecule has 0 atom stereocenters. The highest BCUT2D eigenvalue weighted by Gasteiger charge is 2.00. The smallest absolute Gasteiger partial charge is 0.109 e. The summed E-state index contributed by atoms with van der Waals surface area (Å²) in [7, 11) is 3.87. The molecule has 0 aliphatic rings. The molecule has 0 saturated carbocycles. The Bertz CT molecular complexity index is 241. The first kappa shape index (κ1) is 8.21. The molecule has 0 saturated heterocycles. The Kier molecular flexibility index (Phi) is 2.60. The van der Waals surface area contributed by atoms with Crippen molar-refractivity contribution in [2.24, 2.45) is 0 Å². The topological polar surface area (TPSA) is 3.24 Å². The van der Waals surface area contributed by atoms with Crippen LogP contribution < -0.4 is 0 Å². The molecule has 0 spiro atoms. The van der Waals surface area contributed by atoms with E-state index in [0.717, 1.165) is 10.6 Å². The highest BCUT2D eigenvalue weighted by molar-refractivity contribution is 7.80. The van der Waals surface area contributed by atoms with Crippen molar-refractivity contribution in [2.45, 2.75) is 0 Å². The Labute approximate surface area is 72.6 Å². The lowest BCUT2D eigenvalue weighted by Gasteiger charge is -2.12. The Morgan fingerprint density at radius 1 is 1.45 bits per heavy atom. The first-order valence-corrected chi connectivity index (χ1v) is 3.81. The van der Waals surface area contributed by atoms with E-state index in [1.807, 2.05) is 43.3 Å². The minimum absolute atomic E-state index is 0.825. The van der Waals surface area contributed by atoms with Crippen LogP contribution in [0.25, 0.3) is 0 Å². The van der Waals surface area contributed by atoms with Gasteiger partial charge in [0.05, 0.1) is 0 Å². The predicted octanol–water partition coefficient (Wildman–Crippen LogP) is 1.72. The van der Waals surface area contributed by atoms with E-state index in [0.29, 0.717) is 0 Å². The molecule has 0 bridgehead atoms. The van der Waals surface area contributed by atoms with Gasteiger partial charge in [0.2, 0.25) is 0 Å². The van der Waals surface area contributed by atoms with Crippen LogP contribution in [0.15, 0.2) is 24.3 Å². The molecule has 57 valence electrons. The van der Waals surface area contributed by atoms with Gasteiger partial charge < -0.3 is 4.90 Å². The molecule has 1 aromatic rings. The summed E-state index contributed by atoms with van der Waals surface area (Å²) >= 11 is 5.14. The average Bonchev–Trinajstić information content (AvgIpc) is 2.05. The third-order valence-corrected chi connectivity index (χ3v) is 1.93. The minimum Gasteiger partial charge on any atom is -0.368 e. The quantitative estimate of drug-likeness (QED) is 0.581. The number of thiocarbonyl (C=S) groups is 1. The zero-order chi connectivity index (χ0) is 8.27. The van der Waals surface area contributed by atoms with Crippen molar-refractivity contribution in [3.05, 3.63) is 35.9 Å². The van der Waals surface area contributed by atoms with E-state index >= 15 is 0 Å². The molecule has 0 aliphatic carbocycles. The molecule has 0 unspecified atom stereocenters. The van der Waals surface area contributed by atoms with Gasteiger partial charge in [0, 0.05) is 19.7 Å². The lowest BCUT2D eigenvalue weighted by molar-refractivity contribution is 0.636. The van der Waals surface area contributed by atoms with Gasteiger partial charge in [0.25, 0.3) is 0 Å². The third kappa shape index (κ3) is 2.02. The first-order chi connectivity index (χ1) is 5.22. The average molecular weight is 164 g/mol. The van der Waals surface area contributed by atoms with Crippen LogP contribution >= 0.6 is 12.2 Å². The first-order valence-electron chi connectivity index (χ1n) is 3.40. The van der Waals surface area contributed by atoms with Crippen molar-refractivity contribution in [2.75, 3.05) is 14.1 Å². The van der Waals surface area contributed by atoms with Crippen LogP contribution in [-0.4, -0.2) is 24.0 Å². The molecule has 0 heterocycles. The van der Waals surface area contributed by atoms with Crippen molar-refractivity contribution in [1.29, 1.82) is 0 Å². The van der Waals surface area contributed by atoms with Gasteiger partial charge in [-0.15, -0.1) is 0 Å². The summed E-state index contributed by atoms with van der Waals surface area (Å²) in [6, 6.07) is 10.8. The summed E-state index contributed by atoms with van der Waals surface area (Å²) < 4.78 is 0. The number of nitrogens with zero attached hydrogens (tertiary/aromatic N) is 1. The largest absolute Gasteiger partial charge is 0.368 e. The maximum absolute atomic E-state index is 5.14. The molecule has 0 N–H and O–H groups in total. The van der Waals surface area contributed by atoms with E-state index in [1.54, 1.807) is 0 Å². The Hall–Kier alpha value is -0.890. The van der Waals surface area contributed by atoms with Gasteiger partial charge in [-0.1, -0.05) is 36.5 Å². The maximum Gasteiger partial charge on any atom is 0.109 e. The Morgan fingerprint density at radius 2 is 2.18 bits per heavy atom. The van der Waals surface area contributed by atoms with E-state index in [-0.39, 0.29) is 0 Å². The summed E-state index contributed by atoms with van der Waals surface area (Å²) in [6.45, 7) is 0. The fraction of sp³-hybridized carbons (Fsp3) is 0.222. The Morgan fingerprint density at radius 3 is 2.64 bits per heavy atom. The fourth-order valence-corrected chi connectivity index (χ4v) is 0.894. The number of hydrogen-bond donors (Lipinski definition) is 0. The Balaban J connectivity index is 2.86. The summed E-state index contributed by atoms with van der Waals surface area (Å²) in [5, 5.41) is 0. The van der Waals surface area contributed by atoms with Crippen LogP contribution in [-0.2, 0) is 0 Å². The summed E-state index contributed by atoms with van der Waals surface area (Å²) in [6.07, 6.45) is 0. The van der Waals surface area contributed by atoms with E-state index < -0.39 is 0 Å². The van der Waals surface area contributed by atoms with Gasteiger partial charge in [-0.3, -0.25) is 0 Å². The molecule has 1 radical (unpaired) electrons. The normalized spacial score (nSPS) is 9.27. The van der Waals surface area contributed by atoms with Crippen LogP contribution in [0.2, 0.25) is 0 Å². The molecule has 0 aliphatic heterocycles. The number of rotatable bonds is 1. The van der Waals surface area contributed by atoms with Crippen molar-refractivity contribution in [3.8, 4) is 0 Å². The monoisotopic (exact) mass is 164 g/mol. The molecule has 1 aromatic carbocycles. The van der Waals surface area contributed by atoms with Gasteiger partial charge in [-0.25, -0.2) is 0 Å². The zero-order valence-corrected chi connectivity index (χ0v) is 7.48. The van der Waals surface area contributed by atoms with Crippen molar-refractivity contribution >= 4 is 17.2 Å². The van der Waals surface area contributed by atoms with Crippen LogP contribution in [0.5, 0.6) is 0 Å². The van der Waals surface area contributed by atoms with Crippen LogP contribution in [0, 0.1) is 6.07 Å². The van der Waals surface area contributed by atoms with Crippen molar-refractivity contribution in [3.63, 3.8) is 0 Å². The highest BCUT2D eigenvalue weighted by Crippen LogP contribution is 2.01. The number of hydrogen-bond acceptors (Lipinski definition) is 1. The molecular formula is C9H10NS. The minimum atomic E-state index is 0.825. The standard InChI is InChI=1S/C9H10NS/c1-10(2)9(11)8-6-4-3-5-7-8/h3-6H,1-2H3. The van der Waals surface area contributed by atoms with E-state index in [4.69, 9.17) is 12.2 Å². The molecule has 2 heteroatoms. The molecule has 0 aromatic heterocycles. The SMILES string of the molecule is CN(C)C(=S)c1[c]cccc1. The molecule has 11 heavy (non-hydrogen) atoms. The lowest BCUT2D eigenvalue weighted by Crippen LogP contribution is -2.20. The second kappa shape index (κ2) is 3.49. The van der Waals surface area contributed by atoms with Gasteiger partial charge in [-0.2, -0.15) is 0 Å². The van der Waals surface area contributed by atoms with Gasteiger partial charge in [0.1, 0.15) is 4.99 Å². The zero-order valence-electron chi connectivity index (χ0n) is 6.66. The van der Waals surface area contributed by atoms with E-state index in [9.17, 15) is 0 Å². The predicted molar refractivity (Wildman–Crippen MR) is 50.7 cm³/mol. The van der Waals surface area contributed by atoms with Gasteiger partial charge in [-0.05, 0) is 6.07 Å². The molecular weight excluding hydrogens is 154 g/mol. The van der Waals surface area contributed by atoms with Crippen LogP contribution in [0.4, 0.5) is 0 Å². The van der Waals surface area contributed by atoms with Crippen molar-refractivity contribution < 1.29 is 0 Å². The summed E-state index contributed by atoms with van der Waals surface area (Å²) in [5.74, 6) is 0. The third-order valence-electron chi connectivity index (χ3n) is 1.35. The second-order valence-electron chi connectivity index (χ2n) is 2.48.